The third kappa shape index (κ3) is 6.86. The average Bonchev–Trinajstić information content (AvgIpc) is 2.92. The van der Waals surface area contributed by atoms with Gasteiger partial charge in [-0.25, -0.2) is 0 Å². The fourth-order valence-electron chi connectivity index (χ4n) is 3.99. The van der Waals surface area contributed by atoms with Gasteiger partial charge in [0.2, 0.25) is 0 Å². The average molecular weight is 670 g/mol. The summed E-state index contributed by atoms with van der Waals surface area (Å²) < 4.78 is 12.3. The summed E-state index contributed by atoms with van der Waals surface area (Å²) in [7, 11) is 0. The van der Waals surface area contributed by atoms with Gasteiger partial charge in [0, 0.05) is 5.69 Å². The number of anilines is 2. The van der Waals surface area contributed by atoms with Crippen molar-refractivity contribution in [3.8, 4) is 11.5 Å². The molecule has 2 N–H and O–H groups in total. The molecular formula is C30H28IN3O5S. The fourth-order valence-corrected chi connectivity index (χ4v) is 5.05. The number of benzene rings is 3. The molecule has 1 fully saturated rings. The number of ether oxygens (including phenoxy) is 2. The van der Waals surface area contributed by atoms with Crippen LogP contribution >= 0.6 is 34.8 Å². The molecule has 1 heterocycles. The van der Waals surface area contributed by atoms with E-state index in [0.29, 0.717) is 38.6 Å². The molecule has 1 aliphatic rings. The van der Waals surface area contributed by atoms with E-state index in [4.69, 9.17) is 21.7 Å². The topological polar surface area (TPSA) is 97.0 Å². The predicted octanol–water partition coefficient (Wildman–Crippen LogP) is 5.41. The van der Waals surface area contributed by atoms with Crippen LogP contribution in [0.3, 0.4) is 0 Å². The zero-order valence-electron chi connectivity index (χ0n) is 22.2. The van der Waals surface area contributed by atoms with Crippen molar-refractivity contribution in [3.63, 3.8) is 0 Å². The van der Waals surface area contributed by atoms with Crippen LogP contribution in [0, 0.1) is 10.5 Å². The zero-order chi connectivity index (χ0) is 28.8. The molecule has 0 aromatic heterocycles. The standard InChI is InChI=1S/C30H28IN3O5S/c1-4-19-8-12-22(13-9-19)34-29(37)23(28(36)33-30(34)40)14-20-15-24(31)27(25(16-20)38-5-2)39-17-26(35)32-21-10-6-18(3)7-11-21/h6-16H,4-5,17H2,1-3H3,(H,32,35)(H,33,36,40)/b23-14+. The van der Waals surface area contributed by atoms with Crippen LogP contribution in [0.2, 0.25) is 0 Å². The van der Waals surface area contributed by atoms with Crippen LogP contribution in [0.15, 0.2) is 66.2 Å². The third-order valence-electron chi connectivity index (χ3n) is 6.03. The molecular weight excluding hydrogens is 641 g/mol. The Hall–Kier alpha value is -3.77. The summed E-state index contributed by atoms with van der Waals surface area (Å²) in [5, 5.41) is 5.43. The van der Waals surface area contributed by atoms with Crippen molar-refractivity contribution in [2.45, 2.75) is 27.2 Å². The van der Waals surface area contributed by atoms with E-state index in [-0.39, 0.29) is 23.2 Å². The van der Waals surface area contributed by atoms with Crippen molar-refractivity contribution in [1.82, 2.24) is 5.32 Å². The van der Waals surface area contributed by atoms with E-state index in [1.54, 1.807) is 24.3 Å². The normalized spacial score (nSPS) is 14.2. The first-order valence-corrected chi connectivity index (χ1v) is 14.1. The first-order valence-electron chi connectivity index (χ1n) is 12.7. The summed E-state index contributed by atoms with van der Waals surface area (Å²) in [5.74, 6) is -0.658. The van der Waals surface area contributed by atoms with Crippen LogP contribution in [0.4, 0.5) is 11.4 Å². The van der Waals surface area contributed by atoms with Crippen LogP contribution < -0.4 is 25.0 Å². The number of nitrogens with one attached hydrogen (secondary N) is 2. The maximum Gasteiger partial charge on any atom is 0.270 e. The summed E-state index contributed by atoms with van der Waals surface area (Å²) >= 11 is 7.38. The molecule has 0 atom stereocenters. The molecule has 0 radical (unpaired) electrons. The van der Waals surface area contributed by atoms with Gasteiger partial charge in [0.05, 0.1) is 15.9 Å². The Bertz CT molecular complexity index is 1490. The lowest BCUT2D eigenvalue weighted by molar-refractivity contribution is -0.122. The second-order valence-corrected chi connectivity index (χ2v) is 10.5. The maximum atomic E-state index is 13.4. The van der Waals surface area contributed by atoms with Gasteiger partial charge in [-0.2, -0.15) is 0 Å². The molecule has 206 valence electrons. The maximum absolute atomic E-state index is 13.4. The van der Waals surface area contributed by atoms with Gasteiger partial charge < -0.3 is 14.8 Å². The smallest absolute Gasteiger partial charge is 0.270 e. The van der Waals surface area contributed by atoms with Crippen molar-refractivity contribution in [2.24, 2.45) is 0 Å². The Kier molecular flexibility index (Phi) is 9.54. The second kappa shape index (κ2) is 13.1. The number of halogens is 1. The van der Waals surface area contributed by atoms with E-state index in [1.165, 1.54) is 11.0 Å². The number of aryl methyl sites for hydroxylation is 2. The summed E-state index contributed by atoms with van der Waals surface area (Å²) in [6, 6.07) is 18.3. The largest absolute Gasteiger partial charge is 0.490 e. The molecule has 0 spiro atoms. The van der Waals surface area contributed by atoms with Crippen LogP contribution in [0.1, 0.15) is 30.5 Å². The van der Waals surface area contributed by atoms with Gasteiger partial charge in [-0.1, -0.05) is 36.8 Å². The summed E-state index contributed by atoms with van der Waals surface area (Å²) in [6.07, 6.45) is 2.35. The van der Waals surface area contributed by atoms with E-state index in [0.717, 1.165) is 17.5 Å². The molecule has 1 aliphatic heterocycles. The Labute approximate surface area is 251 Å². The van der Waals surface area contributed by atoms with E-state index in [9.17, 15) is 14.4 Å². The molecule has 0 aliphatic carbocycles. The number of nitrogens with zero attached hydrogens (tertiary/aromatic N) is 1. The molecule has 40 heavy (non-hydrogen) atoms. The lowest BCUT2D eigenvalue weighted by atomic mass is 10.1. The molecule has 0 unspecified atom stereocenters. The summed E-state index contributed by atoms with van der Waals surface area (Å²) in [4.78, 5) is 40.0. The Morgan fingerprint density at radius 2 is 1.75 bits per heavy atom. The molecule has 0 saturated carbocycles. The van der Waals surface area contributed by atoms with Crippen LogP contribution in [-0.4, -0.2) is 36.0 Å². The first-order chi connectivity index (χ1) is 19.2. The van der Waals surface area contributed by atoms with Crippen molar-refractivity contribution in [1.29, 1.82) is 0 Å². The number of hydrogen-bond donors (Lipinski definition) is 2. The zero-order valence-corrected chi connectivity index (χ0v) is 25.2. The van der Waals surface area contributed by atoms with Gasteiger partial charge in [-0.05, 0) is 109 Å². The van der Waals surface area contributed by atoms with E-state index >= 15 is 0 Å². The molecule has 1 saturated heterocycles. The summed E-state index contributed by atoms with van der Waals surface area (Å²) in [6.45, 7) is 5.96. The highest BCUT2D eigenvalue weighted by molar-refractivity contribution is 14.1. The second-order valence-electron chi connectivity index (χ2n) is 8.94. The Morgan fingerprint density at radius 3 is 2.40 bits per heavy atom. The van der Waals surface area contributed by atoms with E-state index < -0.39 is 11.8 Å². The number of carbonyl (C=O) groups excluding carboxylic acids is 3. The van der Waals surface area contributed by atoms with Gasteiger partial charge in [-0.15, -0.1) is 0 Å². The molecule has 3 aromatic rings. The minimum absolute atomic E-state index is 0.0219. The molecule has 4 rings (SSSR count). The van der Waals surface area contributed by atoms with Gasteiger partial charge in [0.1, 0.15) is 5.57 Å². The number of hydrogen-bond acceptors (Lipinski definition) is 6. The Balaban J connectivity index is 1.57. The van der Waals surface area contributed by atoms with Crippen LogP contribution in [0.5, 0.6) is 11.5 Å². The monoisotopic (exact) mass is 669 g/mol. The van der Waals surface area contributed by atoms with E-state index in [1.807, 2.05) is 57.2 Å². The van der Waals surface area contributed by atoms with Gasteiger partial charge in [-0.3, -0.25) is 24.6 Å². The molecule has 3 aromatic carbocycles. The molecule has 3 amide bonds. The predicted molar refractivity (Wildman–Crippen MR) is 168 cm³/mol. The first kappa shape index (κ1) is 29.2. The number of thiocarbonyl (C=S) groups is 1. The number of amides is 3. The molecule has 10 heteroatoms. The van der Waals surface area contributed by atoms with Crippen molar-refractivity contribution >= 4 is 75.1 Å². The number of carbonyl (C=O) groups is 3. The highest BCUT2D eigenvalue weighted by Gasteiger charge is 2.34. The van der Waals surface area contributed by atoms with E-state index in [2.05, 4.69) is 33.2 Å². The fraction of sp³-hybridized carbons (Fsp3) is 0.200. The van der Waals surface area contributed by atoms with Crippen molar-refractivity contribution in [3.05, 3.63) is 86.5 Å². The lowest BCUT2D eigenvalue weighted by Crippen LogP contribution is -2.54. The Morgan fingerprint density at radius 1 is 1.05 bits per heavy atom. The third-order valence-corrected chi connectivity index (χ3v) is 7.12. The minimum Gasteiger partial charge on any atom is -0.490 e. The van der Waals surface area contributed by atoms with Crippen molar-refractivity contribution in [2.75, 3.05) is 23.4 Å². The quantitative estimate of drug-likeness (QED) is 0.137. The van der Waals surface area contributed by atoms with Gasteiger partial charge in [0.25, 0.3) is 17.7 Å². The number of rotatable bonds is 9. The SMILES string of the molecule is CCOc1cc(/C=C2\C(=O)NC(=S)N(c3ccc(CC)cc3)C2=O)cc(I)c1OCC(=O)Nc1ccc(C)cc1. The molecule has 0 bridgehead atoms. The summed E-state index contributed by atoms with van der Waals surface area (Å²) in [5.41, 5.74) is 3.93. The van der Waals surface area contributed by atoms with Crippen molar-refractivity contribution < 1.29 is 23.9 Å². The van der Waals surface area contributed by atoms with Crippen LogP contribution in [0.25, 0.3) is 6.08 Å². The van der Waals surface area contributed by atoms with Gasteiger partial charge in [0.15, 0.2) is 23.2 Å². The molecule has 8 nitrogen and oxygen atoms in total. The van der Waals surface area contributed by atoms with Gasteiger partial charge >= 0.3 is 0 Å². The highest BCUT2D eigenvalue weighted by atomic mass is 127. The highest BCUT2D eigenvalue weighted by Crippen LogP contribution is 2.35. The minimum atomic E-state index is -0.586. The van der Waals surface area contributed by atoms with Crippen LogP contribution in [-0.2, 0) is 20.8 Å². The lowest BCUT2D eigenvalue weighted by Gasteiger charge is -2.29.